The predicted molar refractivity (Wildman–Crippen MR) is 92.2 cm³/mol. The first-order chi connectivity index (χ1) is 10.9. The minimum absolute atomic E-state index is 0.208. The number of rotatable bonds is 7. The van der Waals surface area contributed by atoms with Crippen molar-refractivity contribution in [3.8, 4) is 0 Å². The lowest BCUT2D eigenvalue weighted by Gasteiger charge is -2.11. The van der Waals surface area contributed by atoms with Crippen molar-refractivity contribution in [1.29, 1.82) is 0 Å². The fraction of sp³-hybridized carbons (Fsp3) is 0.294. The molecule has 2 aromatic rings. The molecule has 0 aliphatic carbocycles. The van der Waals surface area contributed by atoms with Gasteiger partial charge in [-0.25, -0.2) is 13.1 Å². The van der Waals surface area contributed by atoms with Crippen molar-refractivity contribution in [2.75, 3.05) is 13.2 Å². The number of sulfonamides is 1. The molecule has 0 saturated heterocycles. The summed E-state index contributed by atoms with van der Waals surface area (Å²) in [5.74, 6) is 0. The highest BCUT2D eigenvalue weighted by Gasteiger charge is 2.16. The van der Waals surface area contributed by atoms with Crippen LogP contribution >= 0.6 is 11.6 Å². The maximum absolute atomic E-state index is 12.3. The summed E-state index contributed by atoms with van der Waals surface area (Å²) in [5, 5.41) is 0.642. The van der Waals surface area contributed by atoms with Gasteiger partial charge in [-0.3, -0.25) is 0 Å². The molecule has 0 radical (unpaired) electrons. The van der Waals surface area contributed by atoms with Crippen LogP contribution in [0.3, 0.4) is 0 Å². The van der Waals surface area contributed by atoms with E-state index in [1.54, 1.807) is 25.1 Å². The molecular weight excluding hydrogens is 334 g/mol. The lowest BCUT2D eigenvalue weighted by atomic mass is 10.2. The van der Waals surface area contributed by atoms with Crippen LogP contribution < -0.4 is 4.72 Å². The Labute approximate surface area is 142 Å². The van der Waals surface area contributed by atoms with Gasteiger partial charge in [0.15, 0.2) is 0 Å². The SMILES string of the molecule is Cc1ccc(C)c(S(=O)(=O)NCCOCc2ccccc2Cl)c1. The van der Waals surface area contributed by atoms with Crippen molar-refractivity contribution in [3.63, 3.8) is 0 Å². The molecule has 0 spiro atoms. The number of halogens is 1. The normalized spacial score (nSPS) is 11.6. The second-order valence-corrected chi connectivity index (χ2v) is 7.45. The molecule has 2 aromatic carbocycles. The maximum Gasteiger partial charge on any atom is 0.240 e. The van der Waals surface area contributed by atoms with Gasteiger partial charge < -0.3 is 4.74 Å². The molecular formula is C17H20ClNO3S. The molecule has 0 aromatic heterocycles. The monoisotopic (exact) mass is 353 g/mol. The van der Waals surface area contributed by atoms with E-state index in [0.717, 1.165) is 16.7 Å². The Morgan fingerprint density at radius 2 is 1.87 bits per heavy atom. The molecule has 23 heavy (non-hydrogen) atoms. The van der Waals surface area contributed by atoms with Gasteiger partial charge in [0, 0.05) is 11.6 Å². The summed E-state index contributed by atoms with van der Waals surface area (Å²) in [6.45, 7) is 4.48. The van der Waals surface area contributed by atoms with Gasteiger partial charge in [0.05, 0.1) is 18.1 Å². The van der Waals surface area contributed by atoms with Crippen LogP contribution in [-0.4, -0.2) is 21.6 Å². The lowest BCUT2D eigenvalue weighted by molar-refractivity contribution is 0.126. The summed E-state index contributed by atoms with van der Waals surface area (Å²) in [5.41, 5.74) is 2.51. The third-order valence-electron chi connectivity index (χ3n) is 3.39. The van der Waals surface area contributed by atoms with E-state index in [2.05, 4.69) is 4.72 Å². The molecule has 2 rings (SSSR count). The van der Waals surface area contributed by atoms with Crippen molar-refractivity contribution < 1.29 is 13.2 Å². The largest absolute Gasteiger partial charge is 0.375 e. The van der Waals surface area contributed by atoms with Crippen LogP contribution in [0.15, 0.2) is 47.4 Å². The van der Waals surface area contributed by atoms with Crippen molar-refractivity contribution in [2.45, 2.75) is 25.3 Å². The molecule has 124 valence electrons. The second kappa shape index (κ2) is 7.93. The topological polar surface area (TPSA) is 55.4 Å². The molecule has 1 N–H and O–H groups in total. The van der Waals surface area contributed by atoms with E-state index in [-0.39, 0.29) is 13.2 Å². The number of ether oxygens (including phenoxy) is 1. The van der Waals surface area contributed by atoms with Crippen LogP contribution in [-0.2, 0) is 21.4 Å². The van der Waals surface area contributed by atoms with Gasteiger partial charge in [0.25, 0.3) is 0 Å². The van der Waals surface area contributed by atoms with E-state index in [0.29, 0.717) is 16.5 Å². The highest BCUT2D eigenvalue weighted by Crippen LogP contribution is 2.17. The van der Waals surface area contributed by atoms with Gasteiger partial charge in [-0.15, -0.1) is 0 Å². The molecule has 0 atom stereocenters. The smallest absolute Gasteiger partial charge is 0.240 e. The van der Waals surface area contributed by atoms with E-state index in [1.165, 1.54) is 0 Å². The van der Waals surface area contributed by atoms with Crippen molar-refractivity contribution in [3.05, 3.63) is 64.2 Å². The molecule has 6 heteroatoms. The van der Waals surface area contributed by atoms with E-state index < -0.39 is 10.0 Å². The summed E-state index contributed by atoms with van der Waals surface area (Å²) in [6.07, 6.45) is 0. The van der Waals surface area contributed by atoms with Gasteiger partial charge in [-0.1, -0.05) is 41.9 Å². The van der Waals surface area contributed by atoms with Gasteiger partial charge >= 0.3 is 0 Å². The Hall–Kier alpha value is -1.40. The van der Waals surface area contributed by atoms with E-state index >= 15 is 0 Å². The average molecular weight is 354 g/mol. The van der Waals surface area contributed by atoms with Crippen LogP contribution in [0.1, 0.15) is 16.7 Å². The van der Waals surface area contributed by atoms with Crippen molar-refractivity contribution >= 4 is 21.6 Å². The molecule has 0 saturated carbocycles. The molecule has 0 aliphatic rings. The first-order valence-electron chi connectivity index (χ1n) is 7.28. The van der Waals surface area contributed by atoms with Crippen LogP contribution in [0.2, 0.25) is 5.02 Å². The van der Waals surface area contributed by atoms with E-state index in [9.17, 15) is 8.42 Å². The Morgan fingerprint density at radius 1 is 1.13 bits per heavy atom. The number of benzene rings is 2. The fourth-order valence-corrected chi connectivity index (χ4v) is 3.65. The van der Waals surface area contributed by atoms with Gasteiger partial charge in [-0.2, -0.15) is 0 Å². The minimum Gasteiger partial charge on any atom is -0.375 e. The average Bonchev–Trinajstić information content (AvgIpc) is 2.51. The molecule has 0 bridgehead atoms. The Balaban J connectivity index is 1.86. The predicted octanol–water partition coefficient (Wildman–Crippen LogP) is 3.45. The Bertz CT molecular complexity index is 775. The summed E-state index contributed by atoms with van der Waals surface area (Å²) in [6, 6.07) is 12.8. The highest BCUT2D eigenvalue weighted by molar-refractivity contribution is 7.89. The van der Waals surface area contributed by atoms with Crippen LogP contribution in [0.5, 0.6) is 0 Å². The summed E-state index contributed by atoms with van der Waals surface area (Å²) >= 11 is 6.03. The van der Waals surface area contributed by atoms with Crippen LogP contribution in [0.25, 0.3) is 0 Å². The number of aryl methyl sites for hydroxylation is 2. The fourth-order valence-electron chi connectivity index (χ4n) is 2.12. The second-order valence-electron chi connectivity index (χ2n) is 5.31. The Morgan fingerprint density at radius 3 is 2.61 bits per heavy atom. The third kappa shape index (κ3) is 5.04. The quantitative estimate of drug-likeness (QED) is 0.775. The molecule has 0 heterocycles. The summed E-state index contributed by atoms with van der Waals surface area (Å²) < 4.78 is 32.6. The van der Waals surface area contributed by atoms with E-state index in [1.807, 2.05) is 31.2 Å². The van der Waals surface area contributed by atoms with Gasteiger partial charge in [0.2, 0.25) is 10.0 Å². The first kappa shape index (κ1) is 17.9. The molecule has 0 unspecified atom stereocenters. The zero-order valence-electron chi connectivity index (χ0n) is 13.2. The van der Waals surface area contributed by atoms with Crippen LogP contribution in [0, 0.1) is 13.8 Å². The summed E-state index contributed by atoms with van der Waals surface area (Å²) in [4.78, 5) is 0.309. The zero-order valence-corrected chi connectivity index (χ0v) is 14.7. The molecule has 0 fully saturated rings. The minimum atomic E-state index is -3.52. The Kier molecular flexibility index (Phi) is 6.18. The van der Waals surface area contributed by atoms with E-state index in [4.69, 9.17) is 16.3 Å². The molecule has 0 amide bonds. The van der Waals surface area contributed by atoms with Crippen molar-refractivity contribution in [2.24, 2.45) is 0 Å². The molecule has 4 nitrogen and oxygen atoms in total. The number of nitrogens with one attached hydrogen (secondary N) is 1. The standard InChI is InChI=1S/C17H20ClNO3S/c1-13-7-8-14(2)17(11-13)23(20,21)19-9-10-22-12-15-5-3-4-6-16(15)18/h3-8,11,19H,9-10,12H2,1-2H3. The third-order valence-corrected chi connectivity index (χ3v) is 5.36. The maximum atomic E-state index is 12.3. The van der Waals surface area contributed by atoms with Crippen molar-refractivity contribution in [1.82, 2.24) is 4.72 Å². The molecule has 0 aliphatic heterocycles. The highest BCUT2D eigenvalue weighted by atomic mass is 35.5. The van der Waals surface area contributed by atoms with Gasteiger partial charge in [-0.05, 0) is 42.7 Å². The zero-order chi connectivity index (χ0) is 16.9. The lowest BCUT2D eigenvalue weighted by Crippen LogP contribution is -2.28. The van der Waals surface area contributed by atoms with Gasteiger partial charge in [0.1, 0.15) is 0 Å². The van der Waals surface area contributed by atoms with Crippen LogP contribution in [0.4, 0.5) is 0 Å². The number of hydrogen-bond donors (Lipinski definition) is 1. The number of hydrogen-bond acceptors (Lipinski definition) is 3. The first-order valence-corrected chi connectivity index (χ1v) is 9.14. The summed E-state index contributed by atoms with van der Waals surface area (Å²) in [7, 11) is -3.52.